The number of terminal acetylenes is 1. The topological polar surface area (TPSA) is 97.1 Å². The summed E-state index contributed by atoms with van der Waals surface area (Å²) in [6, 6.07) is 9.50. The Kier molecular flexibility index (Phi) is 4.95. The number of pyridine rings is 1. The summed E-state index contributed by atoms with van der Waals surface area (Å²) in [7, 11) is 0. The van der Waals surface area contributed by atoms with Crippen molar-refractivity contribution in [1.82, 2.24) is 10.3 Å². The van der Waals surface area contributed by atoms with Crippen LogP contribution < -0.4 is 16.4 Å². The van der Waals surface area contributed by atoms with Crippen LogP contribution in [0.25, 0.3) is 0 Å². The maximum atomic E-state index is 12.1. The van der Waals surface area contributed by atoms with Gasteiger partial charge in [0.05, 0.1) is 23.0 Å². The second kappa shape index (κ2) is 7.09. The highest BCUT2D eigenvalue weighted by molar-refractivity contribution is 6.05. The van der Waals surface area contributed by atoms with E-state index in [1.54, 1.807) is 31.2 Å². The van der Waals surface area contributed by atoms with Crippen molar-refractivity contribution in [3.05, 3.63) is 53.9 Å². The number of nitrogens with zero attached hydrogens (tertiary/aromatic N) is 1. The minimum Gasteiger partial charge on any atom is -0.397 e. The molecule has 0 saturated carbocycles. The van der Waals surface area contributed by atoms with Gasteiger partial charge in [-0.1, -0.05) is 18.1 Å². The molecule has 0 fully saturated rings. The number of nitrogens with one attached hydrogen (secondary N) is 2. The maximum absolute atomic E-state index is 12.1. The van der Waals surface area contributed by atoms with Gasteiger partial charge in [0.2, 0.25) is 0 Å². The molecule has 2 rings (SSSR count). The predicted molar refractivity (Wildman–Crippen MR) is 88.8 cm³/mol. The number of anilines is 2. The van der Waals surface area contributed by atoms with Crippen LogP contribution in [-0.2, 0) is 0 Å². The zero-order valence-electron chi connectivity index (χ0n) is 12.5. The van der Waals surface area contributed by atoms with E-state index in [2.05, 4.69) is 21.5 Å². The SMILES string of the molecule is C#CC(C)NC(=O)c1ccc(C(=O)Nc2ccccc2N)nc1. The van der Waals surface area contributed by atoms with Gasteiger partial charge in [0.1, 0.15) is 5.69 Å². The Morgan fingerprint density at radius 2 is 1.96 bits per heavy atom. The van der Waals surface area contributed by atoms with Crippen LogP contribution in [0.1, 0.15) is 27.8 Å². The minimum atomic E-state index is -0.410. The summed E-state index contributed by atoms with van der Waals surface area (Å²) in [5.74, 6) is 1.64. The summed E-state index contributed by atoms with van der Waals surface area (Å²) >= 11 is 0. The number of carbonyl (C=O) groups excluding carboxylic acids is 2. The zero-order chi connectivity index (χ0) is 16.8. The third-order valence-corrected chi connectivity index (χ3v) is 3.06. The Morgan fingerprint density at radius 1 is 1.22 bits per heavy atom. The summed E-state index contributed by atoms with van der Waals surface area (Å²) in [5.41, 5.74) is 7.23. The van der Waals surface area contributed by atoms with Crippen molar-refractivity contribution in [1.29, 1.82) is 0 Å². The minimum absolute atomic E-state index is 0.176. The Hall–Kier alpha value is -3.33. The summed E-state index contributed by atoms with van der Waals surface area (Å²) in [6.07, 6.45) is 6.53. The number of hydrogen-bond donors (Lipinski definition) is 3. The van der Waals surface area contributed by atoms with Crippen molar-refractivity contribution in [2.24, 2.45) is 0 Å². The van der Waals surface area contributed by atoms with Crippen LogP contribution >= 0.6 is 0 Å². The van der Waals surface area contributed by atoms with Crippen LogP contribution in [0.2, 0.25) is 0 Å². The molecule has 6 nitrogen and oxygen atoms in total. The van der Waals surface area contributed by atoms with Crippen LogP contribution in [0.5, 0.6) is 0 Å². The van der Waals surface area contributed by atoms with Gasteiger partial charge in [-0.3, -0.25) is 14.6 Å². The van der Waals surface area contributed by atoms with Gasteiger partial charge in [-0.15, -0.1) is 6.42 Å². The van der Waals surface area contributed by atoms with Gasteiger partial charge in [0, 0.05) is 6.20 Å². The molecule has 1 heterocycles. The molecule has 0 spiro atoms. The lowest BCUT2D eigenvalue weighted by Gasteiger charge is -2.09. The number of aromatic nitrogens is 1. The first kappa shape index (κ1) is 16.0. The van der Waals surface area contributed by atoms with Crippen LogP contribution in [0.4, 0.5) is 11.4 Å². The van der Waals surface area contributed by atoms with Crippen LogP contribution in [0, 0.1) is 12.3 Å². The quantitative estimate of drug-likeness (QED) is 0.591. The van der Waals surface area contributed by atoms with E-state index < -0.39 is 5.91 Å². The first-order valence-electron chi connectivity index (χ1n) is 6.90. The molecule has 23 heavy (non-hydrogen) atoms. The van der Waals surface area contributed by atoms with Gasteiger partial charge in [0.15, 0.2) is 0 Å². The molecule has 1 aromatic carbocycles. The Labute approximate surface area is 134 Å². The molecular formula is C17H16N4O2. The molecule has 116 valence electrons. The van der Waals surface area contributed by atoms with Crippen molar-refractivity contribution < 1.29 is 9.59 Å². The number of nitrogen functional groups attached to an aromatic ring is 1. The van der Waals surface area contributed by atoms with Crippen molar-refractivity contribution in [3.8, 4) is 12.3 Å². The highest BCUT2D eigenvalue weighted by Gasteiger charge is 2.12. The van der Waals surface area contributed by atoms with E-state index in [0.29, 0.717) is 16.9 Å². The number of rotatable bonds is 4. The molecule has 0 bridgehead atoms. The molecule has 0 saturated heterocycles. The van der Waals surface area contributed by atoms with Gasteiger partial charge in [0.25, 0.3) is 11.8 Å². The molecule has 6 heteroatoms. The zero-order valence-corrected chi connectivity index (χ0v) is 12.5. The van der Waals surface area contributed by atoms with Crippen LogP contribution in [0.15, 0.2) is 42.6 Å². The average molecular weight is 308 g/mol. The van der Waals surface area contributed by atoms with Gasteiger partial charge in [-0.25, -0.2) is 0 Å². The largest absolute Gasteiger partial charge is 0.397 e. The first-order chi connectivity index (χ1) is 11.0. The molecule has 1 aromatic heterocycles. The summed E-state index contributed by atoms with van der Waals surface area (Å²) in [4.78, 5) is 28.0. The van der Waals surface area contributed by atoms with E-state index in [4.69, 9.17) is 12.2 Å². The Bertz CT molecular complexity index is 763. The van der Waals surface area contributed by atoms with Gasteiger partial charge in [-0.2, -0.15) is 0 Å². The number of nitrogens with two attached hydrogens (primary N) is 1. The van der Waals surface area contributed by atoms with Crippen molar-refractivity contribution in [2.45, 2.75) is 13.0 Å². The third-order valence-electron chi connectivity index (χ3n) is 3.06. The maximum Gasteiger partial charge on any atom is 0.274 e. The summed E-state index contributed by atoms with van der Waals surface area (Å²) in [6.45, 7) is 1.69. The lowest BCUT2D eigenvalue weighted by Crippen LogP contribution is -2.31. The lowest BCUT2D eigenvalue weighted by atomic mass is 10.2. The second-order valence-corrected chi connectivity index (χ2v) is 4.84. The molecule has 0 aliphatic rings. The molecule has 2 aromatic rings. The standard InChI is InChI=1S/C17H16N4O2/c1-3-11(2)20-16(22)12-8-9-15(19-10-12)17(23)21-14-7-5-4-6-13(14)18/h1,4-11H,18H2,2H3,(H,20,22)(H,21,23). The van der Waals surface area contributed by atoms with Crippen LogP contribution in [0.3, 0.4) is 0 Å². The van der Waals surface area contributed by atoms with Gasteiger partial charge >= 0.3 is 0 Å². The number of benzene rings is 1. The smallest absolute Gasteiger partial charge is 0.274 e. The van der Waals surface area contributed by atoms with Gasteiger partial charge < -0.3 is 16.4 Å². The predicted octanol–water partition coefficient (Wildman–Crippen LogP) is 1.67. The van der Waals surface area contributed by atoms with E-state index in [0.717, 1.165) is 0 Å². The van der Waals surface area contributed by atoms with E-state index in [1.165, 1.54) is 18.3 Å². The highest BCUT2D eigenvalue weighted by Crippen LogP contribution is 2.17. The fraction of sp³-hybridized carbons (Fsp3) is 0.118. The molecular weight excluding hydrogens is 292 g/mol. The molecule has 0 radical (unpaired) electrons. The third kappa shape index (κ3) is 4.08. The number of para-hydroxylation sites is 2. The Morgan fingerprint density at radius 3 is 2.57 bits per heavy atom. The molecule has 2 amide bonds. The van der Waals surface area contributed by atoms with E-state index in [1.807, 2.05) is 0 Å². The lowest BCUT2D eigenvalue weighted by molar-refractivity contribution is 0.0945. The molecule has 0 aliphatic carbocycles. The summed E-state index contributed by atoms with van der Waals surface area (Å²) in [5, 5.41) is 5.27. The van der Waals surface area contributed by atoms with Crippen molar-refractivity contribution >= 4 is 23.2 Å². The fourth-order valence-corrected chi connectivity index (χ4v) is 1.78. The van der Waals surface area contributed by atoms with E-state index in [-0.39, 0.29) is 17.6 Å². The van der Waals surface area contributed by atoms with Crippen LogP contribution in [-0.4, -0.2) is 22.8 Å². The Balaban J connectivity index is 2.07. The van der Waals surface area contributed by atoms with Crippen molar-refractivity contribution in [3.63, 3.8) is 0 Å². The average Bonchev–Trinajstić information content (AvgIpc) is 2.56. The van der Waals surface area contributed by atoms with E-state index in [9.17, 15) is 9.59 Å². The van der Waals surface area contributed by atoms with Gasteiger partial charge in [-0.05, 0) is 31.2 Å². The molecule has 4 N–H and O–H groups in total. The second-order valence-electron chi connectivity index (χ2n) is 4.84. The monoisotopic (exact) mass is 308 g/mol. The fourth-order valence-electron chi connectivity index (χ4n) is 1.78. The summed E-state index contributed by atoms with van der Waals surface area (Å²) < 4.78 is 0. The molecule has 0 aliphatic heterocycles. The van der Waals surface area contributed by atoms with E-state index >= 15 is 0 Å². The first-order valence-corrected chi connectivity index (χ1v) is 6.90. The van der Waals surface area contributed by atoms with Crippen molar-refractivity contribution in [2.75, 3.05) is 11.1 Å². The highest BCUT2D eigenvalue weighted by atomic mass is 16.2. The number of hydrogen-bond acceptors (Lipinski definition) is 4. The molecule has 1 atom stereocenters. The molecule has 1 unspecified atom stereocenters. The normalized spacial score (nSPS) is 11.1. The number of carbonyl (C=O) groups is 2. The number of amides is 2.